The minimum absolute atomic E-state index is 0.0244. The lowest BCUT2D eigenvalue weighted by atomic mass is 10.0. The predicted molar refractivity (Wildman–Crippen MR) is 77.2 cm³/mol. The highest BCUT2D eigenvalue weighted by atomic mass is 35.5. The Morgan fingerprint density at radius 1 is 1.14 bits per heavy atom. The highest BCUT2D eigenvalue weighted by Gasteiger charge is 2.46. The molecule has 0 aromatic heterocycles. The van der Waals surface area contributed by atoms with Crippen molar-refractivity contribution in [3.8, 4) is 0 Å². The molecule has 7 heteroatoms. The van der Waals surface area contributed by atoms with Gasteiger partial charge in [-0.1, -0.05) is 29.8 Å². The van der Waals surface area contributed by atoms with Gasteiger partial charge in [-0.3, -0.25) is 10.2 Å². The van der Waals surface area contributed by atoms with Crippen LogP contribution >= 0.6 is 11.6 Å². The monoisotopic (exact) mass is 328 g/mol. The molecule has 1 fully saturated rings. The number of nitrogens with zero attached hydrogens (tertiary/aromatic N) is 1. The Balaban J connectivity index is 2.05. The van der Waals surface area contributed by atoms with Gasteiger partial charge in [0.1, 0.15) is 6.04 Å². The van der Waals surface area contributed by atoms with Gasteiger partial charge < -0.3 is 0 Å². The van der Waals surface area contributed by atoms with Gasteiger partial charge in [-0.15, -0.1) is 0 Å². The molecule has 2 aromatic carbocycles. The first-order chi connectivity index (χ1) is 10.3. The maximum Gasteiger partial charge on any atom is 0.409 e. The van der Waals surface area contributed by atoms with Crippen LogP contribution in [0, 0.1) is 0 Å². The summed E-state index contributed by atoms with van der Waals surface area (Å²) in [5.41, 5.74) is 2.34. The van der Waals surface area contributed by atoms with E-state index >= 15 is 0 Å². The Bertz CT molecular complexity index is 732. The van der Waals surface area contributed by atoms with Crippen LogP contribution in [0.4, 0.5) is 13.2 Å². The first-order valence-corrected chi connectivity index (χ1v) is 7.04. The predicted octanol–water partition coefficient (Wildman–Crippen LogP) is 3.83. The van der Waals surface area contributed by atoms with Crippen LogP contribution in [0.25, 0.3) is 10.8 Å². The van der Waals surface area contributed by atoms with Crippen molar-refractivity contribution in [3.05, 3.63) is 47.0 Å². The Morgan fingerprint density at radius 2 is 1.86 bits per heavy atom. The van der Waals surface area contributed by atoms with Crippen molar-refractivity contribution in [2.24, 2.45) is 0 Å². The smallest absolute Gasteiger partial charge is 0.288 e. The number of hydrogen-bond acceptors (Lipinski definition) is 2. The molecule has 0 spiro atoms. The molecule has 2 aromatic rings. The Hall–Kier alpha value is -1.79. The molecule has 1 saturated heterocycles. The number of amides is 1. The van der Waals surface area contributed by atoms with Crippen LogP contribution in [-0.2, 0) is 4.79 Å². The van der Waals surface area contributed by atoms with Crippen LogP contribution in [0.5, 0.6) is 0 Å². The quantitative estimate of drug-likeness (QED) is 0.908. The molecule has 1 heterocycles. The number of alkyl halides is 3. The van der Waals surface area contributed by atoms with E-state index in [9.17, 15) is 18.0 Å². The minimum Gasteiger partial charge on any atom is -0.288 e. The molecule has 0 saturated carbocycles. The molecule has 1 aliphatic heterocycles. The first kappa shape index (κ1) is 15.1. The zero-order chi connectivity index (χ0) is 15.9. The van der Waals surface area contributed by atoms with E-state index in [1.807, 2.05) is 0 Å². The second kappa shape index (κ2) is 5.44. The average Bonchev–Trinajstić information content (AvgIpc) is 2.83. The molecule has 0 bridgehead atoms. The fourth-order valence-corrected chi connectivity index (χ4v) is 2.82. The molecule has 0 aliphatic carbocycles. The van der Waals surface area contributed by atoms with Crippen molar-refractivity contribution in [2.75, 3.05) is 6.54 Å². The van der Waals surface area contributed by atoms with Crippen LogP contribution in [0.1, 0.15) is 18.0 Å². The fourth-order valence-electron chi connectivity index (χ4n) is 2.64. The lowest BCUT2D eigenvalue weighted by Crippen LogP contribution is -2.43. The zero-order valence-electron chi connectivity index (χ0n) is 11.3. The average molecular weight is 329 g/mol. The number of rotatable bonds is 2. The first-order valence-electron chi connectivity index (χ1n) is 6.67. The third-order valence-electron chi connectivity index (χ3n) is 3.61. The van der Waals surface area contributed by atoms with Crippen molar-refractivity contribution < 1.29 is 18.0 Å². The van der Waals surface area contributed by atoms with Gasteiger partial charge in [0.15, 0.2) is 0 Å². The van der Waals surface area contributed by atoms with E-state index in [0.717, 1.165) is 10.4 Å². The van der Waals surface area contributed by atoms with E-state index < -0.39 is 18.1 Å². The van der Waals surface area contributed by atoms with Crippen molar-refractivity contribution in [1.29, 1.82) is 0 Å². The van der Waals surface area contributed by atoms with Crippen LogP contribution in [0.3, 0.4) is 0 Å². The van der Waals surface area contributed by atoms with Crippen LogP contribution < -0.4 is 5.43 Å². The Labute approximate surface area is 129 Å². The number of fused-ring (bicyclic) bond motifs is 1. The second-order valence-electron chi connectivity index (χ2n) is 5.17. The van der Waals surface area contributed by atoms with Gasteiger partial charge >= 0.3 is 6.18 Å². The van der Waals surface area contributed by atoms with E-state index in [4.69, 9.17) is 11.6 Å². The van der Waals surface area contributed by atoms with Gasteiger partial charge in [0.25, 0.3) is 0 Å². The topological polar surface area (TPSA) is 32.3 Å². The number of nitrogens with one attached hydrogen (secondary N) is 1. The van der Waals surface area contributed by atoms with Gasteiger partial charge in [-0.05, 0) is 34.5 Å². The van der Waals surface area contributed by atoms with Crippen LogP contribution in [0.2, 0.25) is 5.02 Å². The molecule has 1 N–H and O–H groups in total. The standard InChI is InChI=1S/C15H12ClF3N2O/c16-12-4-3-9-1-2-10(7-11(9)8-12)14(15(17,18)19)21-6-5-13(22)20-21/h1-4,7-8,14H,5-6H2,(H,20,22). The van der Waals surface area contributed by atoms with Gasteiger partial charge in [0.05, 0.1) is 0 Å². The second-order valence-corrected chi connectivity index (χ2v) is 5.61. The molecular formula is C15H12ClF3N2O. The highest BCUT2D eigenvalue weighted by molar-refractivity contribution is 6.31. The third kappa shape index (κ3) is 2.89. The van der Waals surface area contributed by atoms with Crippen LogP contribution in [-0.4, -0.2) is 23.6 Å². The maximum atomic E-state index is 13.4. The summed E-state index contributed by atoms with van der Waals surface area (Å²) in [6, 6.07) is 7.70. The van der Waals surface area contributed by atoms with Crippen molar-refractivity contribution in [2.45, 2.75) is 18.6 Å². The SMILES string of the molecule is O=C1CCN(C(c2ccc3ccc(Cl)cc3c2)C(F)(F)F)N1. The van der Waals surface area contributed by atoms with E-state index in [1.54, 1.807) is 24.3 Å². The summed E-state index contributed by atoms with van der Waals surface area (Å²) in [6.45, 7) is 0.0244. The Morgan fingerprint density at radius 3 is 2.50 bits per heavy atom. The largest absolute Gasteiger partial charge is 0.409 e. The summed E-state index contributed by atoms with van der Waals surface area (Å²) in [7, 11) is 0. The lowest BCUT2D eigenvalue weighted by Gasteiger charge is -2.29. The normalized spacial score (nSPS) is 17.7. The van der Waals surface area contributed by atoms with Gasteiger partial charge in [0, 0.05) is 18.0 Å². The number of benzene rings is 2. The molecule has 1 aliphatic rings. The molecule has 1 amide bonds. The van der Waals surface area contributed by atoms with Crippen molar-refractivity contribution >= 4 is 28.3 Å². The highest BCUT2D eigenvalue weighted by Crippen LogP contribution is 2.39. The van der Waals surface area contributed by atoms with Crippen LogP contribution in [0.15, 0.2) is 36.4 Å². The van der Waals surface area contributed by atoms with Gasteiger partial charge in [-0.2, -0.15) is 13.2 Å². The molecule has 3 nitrogen and oxygen atoms in total. The molecule has 0 radical (unpaired) electrons. The number of hydrogen-bond donors (Lipinski definition) is 1. The number of halogens is 4. The maximum absolute atomic E-state index is 13.4. The van der Waals surface area contributed by atoms with E-state index in [2.05, 4.69) is 5.43 Å². The summed E-state index contributed by atoms with van der Waals surface area (Å²) in [5.74, 6) is -0.405. The molecule has 22 heavy (non-hydrogen) atoms. The molecule has 3 rings (SSSR count). The summed E-state index contributed by atoms with van der Waals surface area (Å²) in [5, 5.41) is 2.83. The summed E-state index contributed by atoms with van der Waals surface area (Å²) >= 11 is 5.90. The molecule has 1 unspecified atom stereocenters. The number of hydrazine groups is 1. The summed E-state index contributed by atoms with van der Waals surface area (Å²) < 4.78 is 40.3. The lowest BCUT2D eigenvalue weighted by molar-refractivity contribution is -0.191. The molecule has 116 valence electrons. The molecule has 1 atom stereocenters. The minimum atomic E-state index is -4.50. The summed E-state index contributed by atoms with van der Waals surface area (Å²) in [4.78, 5) is 11.2. The third-order valence-corrected chi connectivity index (χ3v) is 3.85. The number of carbonyl (C=O) groups excluding carboxylic acids is 1. The van der Waals surface area contributed by atoms with Crippen molar-refractivity contribution in [1.82, 2.24) is 10.4 Å². The Kier molecular flexibility index (Phi) is 3.74. The van der Waals surface area contributed by atoms with E-state index in [0.29, 0.717) is 10.4 Å². The summed E-state index contributed by atoms with van der Waals surface area (Å²) in [6.07, 6.45) is -4.43. The van der Waals surface area contributed by atoms with Gasteiger partial charge in [-0.25, -0.2) is 5.01 Å². The van der Waals surface area contributed by atoms with Gasteiger partial charge in [0.2, 0.25) is 5.91 Å². The molecular weight excluding hydrogens is 317 g/mol. The number of carbonyl (C=O) groups is 1. The fraction of sp³-hybridized carbons (Fsp3) is 0.267. The zero-order valence-corrected chi connectivity index (χ0v) is 12.1. The van der Waals surface area contributed by atoms with E-state index in [1.165, 1.54) is 12.1 Å². The van der Waals surface area contributed by atoms with E-state index in [-0.39, 0.29) is 18.5 Å². The van der Waals surface area contributed by atoms with Crippen molar-refractivity contribution in [3.63, 3.8) is 0 Å².